The molecule has 1 saturated carbocycles. The van der Waals surface area contributed by atoms with E-state index in [0.717, 1.165) is 42.9 Å². The number of alkyl carbamates (subject to hydrolysis) is 1. The van der Waals surface area contributed by atoms with Crippen LogP contribution in [0.4, 0.5) is 4.79 Å². The molecule has 1 unspecified atom stereocenters. The molecule has 1 aliphatic carbocycles. The molecular formula is C21H34N4O3. The van der Waals surface area contributed by atoms with Crippen LogP contribution in [-0.4, -0.2) is 45.7 Å². The molecule has 7 heteroatoms. The molecule has 0 bridgehead atoms. The van der Waals surface area contributed by atoms with E-state index in [4.69, 9.17) is 9.72 Å². The van der Waals surface area contributed by atoms with Crippen LogP contribution in [0.2, 0.25) is 0 Å². The van der Waals surface area contributed by atoms with Crippen LogP contribution in [0.15, 0.2) is 4.79 Å². The van der Waals surface area contributed by atoms with Crippen molar-refractivity contribution in [1.29, 1.82) is 0 Å². The number of hydrogen-bond donors (Lipinski definition) is 2. The number of aromatic amines is 1. The second-order valence-corrected chi connectivity index (χ2v) is 9.24. The number of H-pyrrole nitrogens is 1. The Morgan fingerprint density at radius 2 is 2.04 bits per heavy atom. The minimum atomic E-state index is -0.511. The summed E-state index contributed by atoms with van der Waals surface area (Å²) in [4.78, 5) is 34.7. The number of carbonyl (C=O) groups is 1. The van der Waals surface area contributed by atoms with Crippen molar-refractivity contribution in [3.8, 4) is 0 Å². The maximum absolute atomic E-state index is 12.7. The number of amides is 1. The summed E-state index contributed by atoms with van der Waals surface area (Å²) in [5, 5.41) is 2.87. The fourth-order valence-corrected chi connectivity index (χ4v) is 4.17. The zero-order valence-electron chi connectivity index (χ0n) is 17.6. The van der Waals surface area contributed by atoms with E-state index in [1.54, 1.807) is 0 Å². The van der Waals surface area contributed by atoms with Gasteiger partial charge in [0.05, 0.1) is 11.3 Å². The lowest BCUT2D eigenvalue weighted by Crippen LogP contribution is -2.46. The van der Waals surface area contributed by atoms with Gasteiger partial charge < -0.3 is 15.0 Å². The van der Waals surface area contributed by atoms with E-state index in [2.05, 4.69) is 15.2 Å². The average molecular weight is 391 g/mol. The molecule has 28 heavy (non-hydrogen) atoms. The van der Waals surface area contributed by atoms with Crippen LogP contribution in [0.1, 0.15) is 82.8 Å². The fraction of sp³-hybridized carbons (Fsp3) is 0.762. The van der Waals surface area contributed by atoms with Crippen LogP contribution in [-0.2, 0) is 17.7 Å². The number of nitrogens with zero attached hydrogens (tertiary/aromatic N) is 2. The van der Waals surface area contributed by atoms with E-state index in [1.807, 2.05) is 27.7 Å². The maximum Gasteiger partial charge on any atom is 0.407 e. The Balaban J connectivity index is 1.60. The molecule has 1 aromatic heterocycles. The van der Waals surface area contributed by atoms with E-state index < -0.39 is 11.7 Å². The van der Waals surface area contributed by atoms with Gasteiger partial charge in [-0.1, -0.05) is 19.3 Å². The molecule has 1 amide bonds. The lowest BCUT2D eigenvalue weighted by Gasteiger charge is -2.31. The quantitative estimate of drug-likeness (QED) is 0.825. The van der Waals surface area contributed by atoms with Gasteiger partial charge in [-0.25, -0.2) is 9.78 Å². The topological polar surface area (TPSA) is 87.3 Å². The highest BCUT2D eigenvalue weighted by Crippen LogP contribution is 2.30. The van der Waals surface area contributed by atoms with Crippen molar-refractivity contribution in [3.05, 3.63) is 27.4 Å². The van der Waals surface area contributed by atoms with E-state index in [9.17, 15) is 9.59 Å². The van der Waals surface area contributed by atoms with Crippen molar-refractivity contribution >= 4 is 6.09 Å². The molecule has 1 aromatic rings. The standard InChI is InChI=1S/C21H34N4O3/c1-14(22-20(27)28-21(2,3)4)12-25-11-10-17-16(13-25)19(26)24-18(23-17)15-8-6-5-7-9-15/h14-15H,5-13H2,1-4H3,(H,22,27)(H,23,24,26). The molecule has 0 aromatic carbocycles. The summed E-state index contributed by atoms with van der Waals surface area (Å²) in [6.45, 7) is 9.58. The van der Waals surface area contributed by atoms with Crippen molar-refractivity contribution in [1.82, 2.24) is 20.2 Å². The number of rotatable bonds is 4. The summed E-state index contributed by atoms with van der Waals surface area (Å²) in [6, 6.07) is -0.0649. The summed E-state index contributed by atoms with van der Waals surface area (Å²) in [5.41, 5.74) is 1.22. The van der Waals surface area contributed by atoms with Gasteiger partial charge in [0.25, 0.3) is 5.56 Å². The highest BCUT2D eigenvalue weighted by atomic mass is 16.6. The Morgan fingerprint density at radius 1 is 1.32 bits per heavy atom. The lowest BCUT2D eigenvalue weighted by atomic mass is 9.88. The predicted molar refractivity (Wildman–Crippen MR) is 108 cm³/mol. The zero-order valence-corrected chi connectivity index (χ0v) is 17.6. The van der Waals surface area contributed by atoms with Crippen LogP contribution >= 0.6 is 0 Å². The predicted octanol–water partition coefficient (Wildman–Crippen LogP) is 3.09. The van der Waals surface area contributed by atoms with Gasteiger partial charge in [-0.05, 0) is 40.5 Å². The molecular weight excluding hydrogens is 356 g/mol. The van der Waals surface area contributed by atoms with Crippen LogP contribution < -0.4 is 10.9 Å². The Kier molecular flexibility index (Phi) is 6.43. The summed E-state index contributed by atoms with van der Waals surface area (Å²) in [6.07, 6.45) is 6.36. The highest BCUT2D eigenvalue weighted by molar-refractivity contribution is 5.68. The second-order valence-electron chi connectivity index (χ2n) is 9.24. The van der Waals surface area contributed by atoms with E-state index in [1.165, 1.54) is 19.3 Å². The van der Waals surface area contributed by atoms with Gasteiger partial charge in [-0.3, -0.25) is 9.69 Å². The third-order valence-electron chi connectivity index (χ3n) is 5.45. The first-order chi connectivity index (χ1) is 13.2. The van der Waals surface area contributed by atoms with Crippen LogP contribution in [0, 0.1) is 0 Å². The number of hydrogen-bond acceptors (Lipinski definition) is 5. The number of ether oxygens (including phenoxy) is 1. The van der Waals surface area contributed by atoms with Crippen LogP contribution in [0.25, 0.3) is 0 Å². The summed E-state index contributed by atoms with van der Waals surface area (Å²) >= 11 is 0. The Morgan fingerprint density at radius 3 is 2.71 bits per heavy atom. The van der Waals surface area contributed by atoms with Crippen LogP contribution in [0.5, 0.6) is 0 Å². The molecule has 3 rings (SSSR count). The monoisotopic (exact) mass is 390 g/mol. The molecule has 2 heterocycles. The average Bonchev–Trinajstić information content (AvgIpc) is 2.61. The third kappa shape index (κ3) is 5.56. The van der Waals surface area contributed by atoms with Crippen molar-refractivity contribution in [2.45, 2.75) is 90.3 Å². The first kappa shape index (κ1) is 20.8. The molecule has 2 N–H and O–H groups in total. The third-order valence-corrected chi connectivity index (χ3v) is 5.45. The fourth-order valence-electron chi connectivity index (χ4n) is 4.17. The molecule has 1 aliphatic heterocycles. The number of aromatic nitrogens is 2. The first-order valence-corrected chi connectivity index (χ1v) is 10.5. The van der Waals surface area contributed by atoms with Crippen molar-refractivity contribution in [2.75, 3.05) is 13.1 Å². The number of nitrogens with one attached hydrogen (secondary N) is 2. The zero-order chi connectivity index (χ0) is 20.3. The first-order valence-electron chi connectivity index (χ1n) is 10.5. The van der Waals surface area contributed by atoms with Gasteiger partial charge in [0.15, 0.2) is 0 Å². The normalized spacial score (nSPS) is 19.7. The van der Waals surface area contributed by atoms with E-state index >= 15 is 0 Å². The number of fused-ring (bicyclic) bond motifs is 1. The second kappa shape index (κ2) is 8.64. The smallest absolute Gasteiger partial charge is 0.407 e. The Bertz CT molecular complexity index is 747. The van der Waals surface area contributed by atoms with Gasteiger partial charge in [0.1, 0.15) is 11.4 Å². The molecule has 2 aliphatic rings. The minimum Gasteiger partial charge on any atom is -0.444 e. The Hall–Kier alpha value is -1.89. The summed E-state index contributed by atoms with van der Waals surface area (Å²) < 4.78 is 5.31. The molecule has 0 spiro atoms. The molecule has 1 fully saturated rings. The van der Waals surface area contributed by atoms with Gasteiger partial charge in [0, 0.05) is 38.0 Å². The summed E-state index contributed by atoms with van der Waals surface area (Å²) in [7, 11) is 0. The molecule has 0 radical (unpaired) electrons. The van der Waals surface area contributed by atoms with Gasteiger partial charge in [0.2, 0.25) is 0 Å². The van der Waals surface area contributed by atoms with Gasteiger partial charge in [-0.2, -0.15) is 0 Å². The molecule has 156 valence electrons. The maximum atomic E-state index is 12.7. The minimum absolute atomic E-state index is 0.00280. The Labute approximate surface area is 167 Å². The van der Waals surface area contributed by atoms with Gasteiger partial charge in [-0.15, -0.1) is 0 Å². The van der Waals surface area contributed by atoms with E-state index in [0.29, 0.717) is 19.0 Å². The van der Waals surface area contributed by atoms with E-state index in [-0.39, 0.29) is 11.6 Å². The summed E-state index contributed by atoms with van der Waals surface area (Å²) in [5.74, 6) is 1.29. The largest absolute Gasteiger partial charge is 0.444 e. The lowest BCUT2D eigenvalue weighted by molar-refractivity contribution is 0.0495. The molecule has 7 nitrogen and oxygen atoms in total. The highest BCUT2D eigenvalue weighted by Gasteiger charge is 2.26. The van der Waals surface area contributed by atoms with Crippen molar-refractivity contribution in [3.63, 3.8) is 0 Å². The SMILES string of the molecule is CC(CN1CCc2nc(C3CCCCC3)[nH]c(=O)c2C1)NC(=O)OC(C)(C)C. The molecule has 1 atom stereocenters. The van der Waals surface area contributed by atoms with Crippen molar-refractivity contribution < 1.29 is 9.53 Å². The molecule has 0 saturated heterocycles. The van der Waals surface area contributed by atoms with Crippen LogP contribution in [0.3, 0.4) is 0 Å². The number of carbonyl (C=O) groups excluding carboxylic acids is 1. The van der Waals surface area contributed by atoms with Crippen molar-refractivity contribution in [2.24, 2.45) is 0 Å². The van der Waals surface area contributed by atoms with Gasteiger partial charge >= 0.3 is 6.09 Å².